The molecular weight excluding hydrogens is 232 g/mol. The molecule has 1 unspecified atom stereocenters. The molecule has 1 aromatic carbocycles. The van der Waals surface area contributed by atoms with Gasteiger partial charge in [0.1, 0.15) is 0 Å². The standard InChI is InChI=1S/C11H14N6O/c1-8(11-14-16-17-15-11)13-10(18)7-12-9-5-3-2-4-6-9/h2-6,8,12H,7H2,1H3,(H,13,18)(H,14,15,16,17). The second kappa shape index (κ2) is 5.76. The number of anilines is 1. The van der Waals surface area contributed by atoms with E-state index in [-0.39, 0.29) is 18.5 Å². The van der Waals surface area contributed by atoms with Crippen molar-refractivity contribution in [3.63, 3.8) is 0 Å². The van der Waals surface area contributed by atoms with Gasteiger partial charge in [-0.25, -0.2) is 0 Å². The Morgan fingerprint density at radius 2 is 2.17 bits per heavy atom. The number of tetrazole rings is 1. The quantitative estimate of drug-likeness (QED) is 0.713. The number of benzene rings is 1. The van der Waals surface area contributed by atoms with E-state index in [1.165, 1.54) is 0 Å². The molecule has 1 heterocycles. The first-order valence-corrected chi connectivity index (χ1v) is 5.57. The lowest BCUT2D eigenvalue weighted by molar-refractivity contribution is -0.120. The van der Waals surface area contributed by atoms with Gasteiger partial charge in [0, 0.05) is 5.69 Å². The van der Waals surface area contributed by atoms with Crippen molar-refractivity contribution in [1.29, 1.82) is 0 Å². The Kier molecular flexibility index (Phi) is 3.85. The van der Waals surface area contributed by atoms with E-state index in [4.69, 9.17) is 0 Å². The number of aromatic amines is 1. The highest BCUT2D eigenvalue weighted by molar-refractivity contribution is 5.80. The van der Waals surface area contributed by atoms with Crippen molar-refractivity contribution < 1.29 is 4.79 Å². The summed E-state index contributed by atoms with van der Waals surface area (Å²) in [6.07, 6.45) is 0. The second-order valence-corrected chi connectivity index (χ2v) is 3.78. The first-order chi connectivity index (χ1) is 8.75. The lowest BCUT2D eigenvalue weighted by atomic mass is 10.3. The predicted molar refractivity (Wildman–Crippen MR) is 65.7 cm³/mol. The first-order valence-electron chi connectivity index (χ1n) is 5.57. The molecule has 2 rings (SSSR count). The van der Waals surface area contributed by atoms with Gasteiger partial charge < -0.3 is 10.6 Å². The zero-order chi connectivity index (χ0) is 12.8. The first kappa shape index (κ1) is 12.0. The summed E-state index contributed by atoms with van der Waals surface area (Å²) in [5, 5.41) is 19.2. The van der Waals surface area contributed by atoms with Gasteiger partial charge in [-0.15, -0.1) is 10.2 Å². The molecule has 7 nitrogen and oxygen atoms in total. The van der Waals surface area contributed by atoms with Crippen LogP contribution in [0.15, 0.2) is 30.3 Å². The highest BCUT2D eigenvalue weighted by atomic mass is 16.2. The second-order valence-electron chi connectivity index (χ2n) is 3.78. The van der Waals surface area contributed by atoms with E-state index >= 15 is 0 Å². The van der Waals surface area contributed by atoms with E-state index in [1.807, 2.05) is 30.3 Å². The van der Waals surface area contributed by atoms with Gasteiger partial charge >= 0.3 is 0 Å². The van der Waals surface area contributed by atoms with Gasteiger partial charge in [0.15, 0.2) is 5.82 Å². The molecule has 1 amide bonds. The van der Waals surface area contributed by atoms with E-state index in [2.05, 4.69) is 31.3 Å². The van der Waals surface area contributed by atoms with Gasteiger partial charge in [0.05, 0.1) is 12.6 Å². The molecule has 0 aliphatic carbocycles. The molecule has 2 aromatic rings. The van der Waals surface area contributed by atoms with Crippen LogP contribution in [0.4, 0.5) is 5.69 Å². The van der Waals surface area contributed by atoms with Crippen LogP contribution in [0.3, 0.4) is 0 Å². The molecule has 1 aromatic heterocycles. The molecule has 0 saturated carbocycles. The number of carbonyl (C=O) groups excluding carboxylic acids is 1. The van der Waals surface area contributed by atoms with Crippen LogP contribution in [0.2, 0.25) is 0 Å². The van der Waals surface area contributed by atoms with Crippen LogP contribution in [0.1, 0.15) is 18.8 Å². The van der Waals surface area contributed by atoms with Crippen molar-refractivity contribution in [3.05, 3.63) is 36.2 Å². The van der Waals surface area contributed by atoms with Crippen LogP contribution in [0.5, 0.6) is 0 Å². The SMILES string of the molecule is CC(NC(=O)CNc1ccccc1)c1nn[nH]n1. The van der Waals surface area contributed by atoms with E-state index in [1.54, 1.807) is 6.92 Å². The summed E-state index contributed by atoms with van der Waals surface area (Å²) in [5.41, 5.74) is 0.903. The maximum Gasteiger partial charge on any atom is 0.239 e. The van der Waals surface area contributed by atoms with Gasteiger partial charge in [0.25, 0.3) is 0 Å². The molecule has 0 aliphatic heterocycles. The maximum atomic E-state index is 11.7. The zero-order valence-corrected chi connectivity index (χ0v) is 9.92. The normalized spacial score (nSPS) is 11.8. The number of rotatable bonds is 5. The fourth-order valence-corrected chi connectivity index (χ4v) is 1.45. The molecular formula is C11H14N6O. The topological polar surface area (TPSA) is 95.6 Å². The Hall–Kier alpha value is -2.44. The molecule has 1 atom stereocenters. The number of aromatic nitrogens is 4. The molecule has 0 fully saturated rings. The minimum absolute atomic E-state index is 0.129. The number of H-pyrrole nitrogens is 1. The third kappa shape index (κ3) is 3.27. The number of hydrogen-bond donors (Lipinski definition) is 3. The van der Waals surface area contributed by atoms with Crippen LogP contribution in [0.25, 0.3) is 0 Å². The van der Waals surface area contributed by atoms with Crippen molar-refractivity contribution in [3.8, 4) is 0 Å². The van der Waals surface area contributed by atoms with Crippen LogP contribution in [0, 0.1) is 0 Å². The fraction of sp³-hybridized carbons (Fsp3) is 0.273. The van der Waals surface area contributed by atoms with Crippen molar-refractivity contribution in [2.45, 2.75) is 13.0 Å². The van der Waals surface area contributed by atoms with Crippen molar-refractivity contribution in [2.24, 2.45) is 0 Å². The molecule has 0 radical (unpaired) electrons. The Bertz CT molecular complexity index is 483. The van der Waals surface area contributed by atoms with Crippen LogP contribution in [-0.4, -0.2) is 33.1 Å². The van der Waals surface area contributed by atoms with Gasteiger partial charge in [-0.2, -0.15) is 5.21 Å². The van der Waals surface area contributed by atoms with Crippen LogP contribution < -0.4 is 10.6 Å². The molecule has 94 valence electrons. The Morgan fingerprint density at radius 1 is 1.39 bits per heavy atom. The molecule has 18 heavy (non-hydrogen) atoms. The largest absolute Gasteiger partial charge is 0.376 e. The van der Waals surface area contributed by atoms with Gasteiger partial charge in [-0.1, -0.05) is 23.4 Å². The highest BCUT2D eigenvalue weighted by Crippen LogP contribution is 2.05. The number of nitrogens with one attached hydrogen (secondary N) is 3. The van der Waals surface area contributed by atoms with Gasteiger partial charge in [-0.05, 0) is 19.1 Å². The summed E-state index contributed by atoms with van der Waals surface area (Å²) in [7, 11) is 0. The smallest absolute Gasteiger partial charge is 0.239 e. The lowest BCUT2D eigenvalue weighted by Gasteiger charge is -2.11. The third-order valence-corrected chi connectivity index (χ3v) is 2.35. The lowest BCUT2D eigenvalue weighted by Crippen LogP contribution is -2.32. The van der Waals surface area contributed by atoms with Gasteiger partial charge in [-0.3, -0.25) is 4.79 Å². The maximum absolute atomic E-state index is 11.7. The number of hydrogen-bond acceptors (Lipinski definition) is 5. The van der Waals surface area contributed by atoms with E-state index in [9.17, 15) is 4.79 Å². The summed E-state index contributed by atoms with van der Waals surface area (Å²) in [6, 6.07) is 9.26. The summed E-state index contributed by atoms with van der Waals surface area (Å²) < 4.78 is 0. The third-order valence-electron chi connectivity index (χ3n) is 2.35. The molecule has 3 N–H and O–H groups in total. The molecule has 0 spiro atoms. The Labute approximate surface area is 104 Å². The summed E-state index contributed by atoms with van der Waals surface area (Å²) in [6.45, 7) is 2.00. The average molecular weight is 246 g/mol. The number of nitrogens with zero attached hydrogens (tertiary/aromatic N) is 3. The summed E-state index contributed by atoms with van der Waals surface area (Å²) >= 11 is 0. The predicted octanol–water partition coefficient (Wildman–Crippen LogP) is 0.489. The van der Waals surface area contributed by atoms with E-state index in [0.29, 0.717) is 5.82 Å². The Balaban J connectivity index is 1.79. The van der Waals surface area contributed by atoms with E-state index in [0.717, 1.165) is 5.69 Å². The minimum Gasteiger partial charge on any atom is -0.376 e. The average Bonchev–Trinajstić information content (AvgIpc) is 2.91. The zero-order valence-electron chi connectivity index (χ0n) is 9.92. The monoisotopic (exact) mass is 246 g/mol. The minimum atomic E-state index is -0.270. The summed E-state index contributed by atoms with van der Waals surface area (Å²) in [4.78, 5) is 11.7. The number of carbonyl (C=O) groups is 1. The molecule has 0 bridgehead atoms. The molecule has 0 aliphatic rings. The van der Waals surface area contributed by atoms with Crippen LogP contribution in [-0.2, 0) is 4.79 Å². The van der Waals surface area contributed by atoms with Gasteiger partial charge in [0.2, 0.25) is 5.91 Å². The molecule has 0 saturated heterocycles. The van der Waals surface area contributed by atoms with Crippen LogP contribution >= 0.6 is 0 Å². The highest BCUT2D eigenvalue weighted by Gasteiger charge is 2.12. The van der Waals surface area contributed by atoms with Crippen molar-refractivity contribution in [2.75, 3.05) is 11.9 Å². The van der Waals surface area contributed by atoms with E-state index < -0.39 is 0 Å². The van der Waals surface area contributed by atoms with Crippen molar-refractivity contribution in [1.82, 2.24) is 25.9 Å². The Morgan fingerprint density at radius 3 is 2.83 bits per heavy atom. The summed E-state index contributed by atoms with van der Waals surface area (Å²) in [5.74, 6) is 0.333. The molecule has 7 heteroatoms. The van der Waals surface area contributed by atoms with Crippen molar-refractivity contribution >= 4 is 11.6 Å². The number of para-hydroxylation sites is 1. The number of amides is 1. The fourth-order valence-electron chi connectivity index (χ4n) is 1.45.